The van der Waals surface area contributed by atoms with Gasteiger partial charge in [-0.05, 0) is 62.1 Å². The van der Waals surface area contributed by atoms with E-state index in [1.807, 2.05) is 42.6 Å². The van der Waals surface area contributed by atoms with Gasteiger partial charge in [-0.1, -0.05) is 56.2 Å². The van der Waals surface area contributed by atoms with Crippen LogP contribution in [0, 0.1) is 0 Å². The van der Waals surface area contributed by atoms with Gasteiger partial charge in [0.1, 0.15) is 23.9 Å². The number of aromatic nitrogens is 1. The molecule has 0 radical (unpaired) electrons. The van der Waals surface area contributed by atoms with Crippen molar-refractivity contribution in [3.63, 3.8) is 0 Å². The summed E-state index contributed by atoms with van der Waals surface area (Å²) < 4.78 is 6.09. The lowest BCUT2D eigenvalue weighted by Gasteiger charge is -2.24. The number of rotatable bonds is 11. The summed E-state index contributed by atoms with van der Waals surface area (Å²) in [5, 5.41) is 6.64. The maximum Gasteiger partial charge on any atom is 0.146 e. The van der Waals surface area contributed by atoms with Crippen LogP contribution in [0.1, 0.15) is 48.9 Å². The van der Waals surface area contributed by atoms with Crippen molar-refractivity contribution >= 4 is 23.9 Å². The maximum atomic E-state index is 11.9. The predicted molar refractivity (Wildman–Crippen MR) is 143 cm³/mol. The molecule has 0 amide bonds. The molecule has 1 aliphatic heterocycles. The highest BCUT2D eigenvalue weighted by molar-refractivity contribution is 5.81. The normalized spacial score (nSPS) is 14.3. The number of para-hydroxylation sites is 2. The molecule has 2 N–H and O–H groups in total. The van der Waals surface area contributed by atoms with Crippen molar-refractivity contribution in [3.05, 3.63) is 77.5 Å². The number of ether oxygens (including phenoxy) is 1. The van der Waals surface area contributed by atoms with Gasteiger partial charge < -0.3 is 25.1 Å². The summed E-state index contributed by atoms with van der Waals surface area (Å²) in [6.07, 6.45) is 8.03. The summed E-state index contributed by atoms with van der Waals surface area (Å²) >= 11 is 0. The van der Waals surface area contributed by atoms with Gasteiger partial charge in [0, 0.05) is 17.7 Å². The Morgan fingerprint density at radius 2 is 1.91 bits per heavy atom. The quantitative estimate of drug-likeness (QED) is 0.267. The first-order valence-corrected chi connectivity index (χ1v) is 12.3. The molecule has 1 aliphatic rings. The topological polar surface area (TPSA) is 66.5 Å². The Morgan fingerprint density at radius 1 is 1.11 bits per heavy atom. The van der Waals surface area contributed by atoms with Gasteiger partial charge in [0.15, 0.2) is 0 Å². The number of anilines is 2. The second kappa shape index (κ2) is 11.7. The molecule has 2 heterocycles. The van der Waals surface area contributed by atoms with E-state index in [1.54, 1.807) is 0 Å². The molecular formula is C29H34N4O2. The van der Waals surface area contributed by atoms with E-state index in [2.05, 4.69) is 60.8 Å². The van der Waals surface area contributed by atoms with Crippen LogP contribution in [0.2, 0.25) is 0 Å². The largest absolute Gasteiger partial charge is 0.491 e. The van der Waals surface area contributed by atoms with Crippen LogP contribution in [0.3, 0.4) is 0 Å². The smallest absolute Gasteiger partial charge is 0.146 e. The van der Waals surface area contributed by atoms with Crippen molar-refractivity contribution in [2.75, 3.05) is 26.0 Å². The highest BCUT2D eigenvalue weighted by Crippen LogP contribution is 2.36. The van der Waals surface area contributed by atoms with Crippen LogP contribution in [0.15, 0.2) is 60.8 Å². The van der Waals surface area contributed by atoms with E-state index < -0.39 is 6.04 Å². The lowest BCUT2D eigenvalue weighted by molar-refractivity contribution is -0.109. The number of carbonyl (C=O) groups excluding carboxylic acids is 1. The van der Waals surface area contributed by atoms with E-state index >= 15 is 0 Å². The highest BCUT2D eigenvalue weighted by atomic mass is 16.5. The monoisotopic (exact) mass is 470 g/mol. The van der Waals surface area contributed by atoms with E-state index in [0.29, 0.717) is 12.4 Å². The number of hydrogen-bond acceptors (Lipinski definition) is 6. The average Bonchev–Trinajstić information content (AvgIpc) is 2.87. The van der Waals surface area contributed by atoms with Crippen LogP contribution in [-0.2, 0) is 11.3 Å². The van der Waals surface area contributed by atoms with Gasteiger partial charge in [0.2, 0.25) is 0 Å². The van der Waals surface area contributed by atoms with Gasteiger partial charge in [0.05, 0.1) is 18.0 Å². The summed E-state index contributed by atoms with van der Waals surface area (Å²) in [5.74, 6) is 1.43. The molecule has 1 aromatic heterocycles. The van der Waals surface area contributed by atoms with Gasteiger partial charge in [-0.2, -0.15) is 0 Å². The first-order valence-electron chi connectivity index (χ1n) is 12.3. The second-order valence-electron chi connectivity index (χ2n) is 9.04. The molecule has 0 saturated heterocycles. The molecule has 182 valence electrons. The Kier molecular flexibility index (Phi) is 8.16. The lowest BCUT2D eigenvalue weighted by atomic mass is 9.95. The number of aldehydes is 1. The fraction of sp³-hybridized carbons (Fsp3) is 0.310. The van der Waals surface area contributed by atoms with E-state index in [-0.39, 0.29) is 0 Å². The molecule has 6 heteroatoms. The van der Waals surface area contributed by atoms with Crippen molar-refractivity contribution in [2.24, 2.45) is 0 Å². The number of fused-ring (bicyclic) bond motifs is 1. The molecule has 4 rings (SSSR count). The second-order valence-corrected chi connectivity index (χ2v) is 9.04. The Hall–Kier alpha value is -3.64. The van der Waals surface area contributed by atoms with Crippen LogP contribution < -0.4 is 15.4 Å². The number of hydrogen-bond donors (Lipinski definition) is 2. The molecule has 0 saturated carbocycles. The molecule has 2 aromatic carbocycles. The lowest BCUT2D eigenvalue weighted by Crippen LogP contribution is -2.23. The van der Waals surface area contributed by atoms with Crippen LogP contribution in [-0.4, -0.2) is 36.9 Å². The SMILES string of the molecule is CCCCCOc1ccccc1Nc1nc(-c2ccccc2CN(C)C)cc2c1C(C=O)NC=C2. The van der Waals surface area contributed by atoms with Crippen molar-refractivity contribution in [2.45, 2.75) is 38.8 Å². The number of carbonyl (C=O) groups is 1. The van der Waals surface area contributed by atoms with Crippen molar-refractivity contribution < 1.29 is 9.53 Å². The summed E-state index contributed by atoms with van der Waals surface area (Å²) in [5.41, 5.74) is 5.76. The van der Waals surface area contributed by atoms with E-state index in [0.717, 1.165) is 65.9 Å². The van der Waals surface area contributed by atoms with E-state index in [4.69, 9.17) is 9.72 Å². The Bertz CT molecular complexity index is 1190. The third kappa shape index (κ3) is 5.89. The Balaban J connectivity index is 1.77. The standard InChI is InChI=1S/C29H34N4O2/c1-4-5-10-17-35-27-14-9-8-13-24(27)31-29-28-21(15-16-30-26(28)20-34)18-25(32-29)23-12-7-6-11-22(23)19-33(2)3/h6-9,11-16,18,20,26,30H,4-5,10,17,19H2,1-3H3,(H,31,32). The van der Waals surface area contributed by atoms with Gasteiger partial charge in [0.25, 0.3) is 0 Å². The van der Waals surface area contributed by atoms with Gasteiger partial charge >= 0.3 is 0 Å². The van der Waals surface area contributed by atoms with Crippen LogP contribution in [0.25, 0.3) is 17.3 Å². The molecular weight excluding hydrogens is 436 g/mol. The summed E-state index contributed by atoms with van der Waals surface area (Å²) in [6, 6.07) is 17.8. The fourth-order valence-corrected chi connectivity index (χ4v) is 4.31. The molecule has 0 bridgehead atoms. The third-order valence-electron chi connectivity index (χ3n) is 6.00. The minimum absolute atomic E-state index is 0.478. The van der Waals surface area contributed by atoms with Crippen molar-refractivity contribution in [1.82, 2.24) is 15.2 Å². The zero-order valence-corrected chi connectivity index (χ0v) is 20.8. The molecule has 0 spiro atoms. The molecule has 1 atom stereocenters. The van der Waals surface area contributed by atoms with Gasteiger partial charge in [-0.25, -0.2) is 4.98 Å². The van der Waals surface area contributed by atoms with Gasteiger partial charge in [-0.3, -0.25) is 0 Å². The van der Waals surface area contributed by atoms with Crippen molar-refractivity contribution in [1.29, 1.82) is 0 Å². The first-order chi connectivity index (χ1) is 17.1. The van der Waals surface area contributed by atoms with Crippen LogP contribution >= 0.6 is 0 Å². The maximum absolute atomic E-state index is 11.9. The van der Waals surface area contributed by atoms with E-state index in [1.165, 1.54) is 5.56 Å². The van der Waals surface area contributed by atoms with E-state index in [9.17, 15) is 4.79 Å². The molecule has 1 unspecified atom stereocenters. The summed E-state index contributed by atoms with van der Waals surface area (Å²) in [7, 11) is 4.12. The fourth-order valence-electron chi connectivity index (χ4n) is 4.31. The first kappa shape index (κ1) is 24.5. The van der Waals surface area contributed by atoms with Crippen molar-refractivity contribution in [3.8, 4) is 17.0 Å². The zero-order valence-electron chi connectivity index (χ0n) is 20.8. The Labute approximate surface area is 208 Å². The number of benzene rings is 2. The Morgan fingerprint density at radius 3 is 2.71 bits per heavy atom. The summed E-state index contributed by atoms with van der Waals surface area (Å²) in [4.78, 5) is 19.1. The van der Waals surface area contributed by atoms with Crippen LogP contribution in [0.5, 0.6) is 5.75 Å². The highest BCUT2D eigenvalue weighted by Gasteiger charge is 2.24. The predicted octanol–water partition coefficient (Wildman–Crippen LogP) is 5.94. The van der Waals surface area contributed by atoms with Gasteiger partial charge in [-0.15, -0.1) is 0 Å². The molecule has 35 heavy (non-hydrogen) atoms. The summed E-state index contributed by atoms with van der Waals surface area (Å²) in [6.45, 7) is 3.65. The minimum atomic E-state index is -0.478. The minimum Gasteiger partial charge on any atom is -0.491 e. The molecule has 0 aliphatic carbocycles. The molecule has 3 aromatic rings. The average molecular weight is 471 g/mol. The zero-order chi connectivity index (χ0) is 24.6. The number of unbranched alkanes of at least 4 members (excludes halogenated alkanes) is 2. The van der Waals surface area contributed by atoms with Crippen LogP contribution in [0.4, 0.5) is 11.5 Å². The third-order valence-corrected chi connectivity index (χ3v) is 6.00. The molecule has 6 nitrogen and oxygen atoms in total. The number of nitrogens with zero attached hydrogens (tertiary/aromatic N) is 2. The number of nitrogens with one attached hydrogen (secondary N) is 2. The number of pyridine rings is 1. The molecule has 0 fully saturated rings.